The van der Waals surface area contributed by atoms with Gasteiger partial charge < -0.3 is 14.2 Å². The molecular formula is C69H83BN2O. The molecule has 0 atom stereocenters. The van der Waals surface area contributed by atoms with Gasteiger partial charge in [0.05, 0.1) is 5.69 Å². The minimum atomic E-state index is -0.141. The highest BCUT2D eigenvalue weighted by Crippen LogP contribution is 2.56. The van der Waals surface area contributed by atoms with Crippen LogP contribution in [0.2, 0.25) is 0 Å². The molecule has 0 fully saturated rings. The zero-order chi connectivity index (χ0) is 52.2. The summed E-state index contributed by atoms with van der Waals surface area (Å²) in [6.07, 6.45) is 7.06. The number of hydrogen-bond donors (Lipinski definition) is 0. The molecule has 1 aromatic heterocycles. The molecule has 0 unspecified atom stereocenters. The van der Waals surface area contributed by atoms with E-state index in [4.69, 9.17) is 4.42 Å². The van der Waals surface area contributed by atoms with Gasteiger partial charge in [-0.25, -0.2) is 0 Å². The van der Waals surface area contributed by atoms with Crippen molar-refractivity contribution in [1.82, 2.24) is 0 Å². The fourth-order valence-electron chi connectivity index (χ4n) is 14.6. The molecule has 73 heavy (non-hydrogen) atoms. The van der Waals surface area contributed by atoms with Crippen LogP contribution in [0.3, 0.4) is 0 Å². The lowest BCUT2D eigenvalue weighted by molar-refractivity contribution is 0.332. The minimum Gasteiger partial charge on any atom is -0.454 e. The van der Waals surface area contributed by atoms with Gasteiger partial charge in [0.25, 0.3) is 6.71 Å². The molecule has 0 N–H and O–H groups in total. The fraction of sp³-hybridized carbons (Fsp3) is 0.478. The van der Waals surface area contributed by atoms with Crippen LogP contribution in [0.15, 0.2) is 83.3 Å². The van der Waals surface area contributed by atoms with Crippen molar-refractivity contribution in [2.45, 2.75) is 214 Å². The molecule has 0 saturated heterocycles. The second-order valence-electron chi connectivity index (χ2n) is 29.3. The van der Waals surface area contributed by atoms with Gasteiger partial charge in [-0.05, 0) is 211 Å². The van der Waals surface area contributed by atoms with E-state index in [1.807, 2.05) is 0 Å². The number of anilines is 6. The maximum atomic E-state index is 7.60. The van der Waals surface area contributed by atoms with E-state index in [0.29, 0.717) is 5.92 Å². The monoisotopic (exact) mass is 967 g/mol. The molecule has 6 aromatic carbocycles. The Labute approximate surface area is 439 Å². The van der Waals surface area contributed by atoms with Crippen LogP contribution in [0.4, 0.5) is 34.1 Å². The van der Waals surface area contributed by atoms with Crippen LogP contribution in [0.25, 0.3) is 21.9 Å². The first-order valence-corrected chi connectivity index (χ1v) is 28.2. The van der Waals surface area contributed by atoms with Crippen molar-refractivity contribution in [2.75, 3.05) is 9.80 Å². The minimum absolute atomic E-state index is 0.0273. The summed E-state index contributed by atoms with van der Waals surface area (Å²) in [5, 5.41) is 2.44. The molecule has 4 heteroatoms. The lowest BCUT2D eigenvalue weighted by atomic mass is 9.33. The van der Waals surface area contributed by atoms with Crippen LogP contribution in [-0.4, -0.2) is 6.71 Å². The van der Waals surface area contributed by atoms with Gasteiger partial charge >= 0.3 is 0 Å². The van der Waals surface area contributed by atoms with Crippen molar-refractivity contribution in [3.8, 4) is 0 Å². The Bertz CT molecular complexity index is 3520. The molecule has 3 heterocycles. The van der Waals surface area contributed by atoms with Crippen molar-refractivity contribution in [3.63, 3.8) is 0 Å². The first-order valence-electron chi connectivity index (χ1n) is 28.2. The highest BCUT2D eigenvalue weighted by Gasteiger charge is 2.48. The Balaban J connectivity index is 1.24. The Kier molecular flexibility index (Phi) is 10.2. The third-order valence-electron chi connectivity index (χ3n) is 20.0. The normalized spacial score (nSPS) is 20.4. The number of hydrogen-bond acceptors (Lipinski definition) is 3. The number of furan rings is 1. The maximum absolute atomic E-state index is 7.60. The smallest absolute Gasteiger partial charge is 0.252 e. The van der Waals surface area contributed by atoms with Crippen LogP contribution in [0, 0.1) is 13.8 Å². The van der Waals surface area contributed by atoms with E-state index in [2.05, 4.69) is 220 Å². The molecule has 2 aliphatic heterocycles. The summed E-state index contributed by atoms with van der Waals surface area (Å²) in [6.45, 7) is 46.2. The van der Waals surface area contributed by atoms with Gasteiger partial charge in [-0.1, -0.05) is 154 Å². The van der Waals surface area contributed by atoms with Crippen LogP contribution in [0.5, 0.6) is 0 Å². The largest absolute Gasteiger partial charge is 0.454 e. The number of benzene rings is 6. The average molecular weight is 967 g/mol. The topological polar surface area (TPSA) is 19.6 Å². The lowest BCUT2D eigenvalue weighted by Crippen LogP contribution is -2.61. The summed E-state index contributed by atoms with van der Waals surface area (Å²) >= 11 is 0. The van der Waals surface area contributed by atoms with Gasteiger partial charge in [0.15, 0.2) is 5.58 Å². The molecule has 0 spiro atoms. The van der Waals surface area contributed by atoms with E-state index in [1.165, 1.54) is 149 Å². The van der Waals surface area contributed by atoms with E-state index in [1.54, 1.807) is 0 Å². The van der Waals surface area contributed by atoms with E-state index in [9.17, 15) is 0 Å². The third-order valence-corrected chi connectivity index (χ3v) is 20.0. The Morgan fingerprint density at radius 3 is 1.41 bits per heavy atom. The average Bonchev–Trinajstić information content (AvgIpc) is 3.68. The van der Waals surface area contributed by atoms with Gasteiger partial charge in [0.1, 0.15) is 5.58 Å². The van der Waals surface area contributed by atoms with Crippen LogP contribution >= 0.6 is 0 Å². The second-order valence-corrected chi connectivity index (χ2v) is 29.3. The summed E-state index contributed by atoms with van der Waals surface area (Å²) in [5.74, 6) is 0.374. The number of nitrogens with zero attached hydrogens (tertiary/aromatic N) is 2. The molecular weight excluding hydrogens is 884 g/mol. The highest BCUT2D eigenvalue weighted by atomic mass is 16.3. The molecule has 12 rings (SSSR count). The van der Waals surface area contributed by atoms with Gasteiger partial charge in [-0.2, -0.15) is 0 Å². The first-order chi connectivity index (χ1) is 33.9. The van der Waals surface area contributed by atoms with Crippen molar-refractivity contribution < 1.29 is 4.42 Å². The predicted octanol–water partition coefficient (Wildman–Crippen LogP) is 17.8. The summed E-state index contributed by atoms with van der Waals surface area (Å²) in [6, 6.07) is 33.0. The van der Waals surface area contributed by atoms with E-state index in [0.717, 1.165) is 17.6 Å². The molecule has 3 aliphatic carbocycles. The molecule has 0 radical (unpaired) electrons. The Hall–Kier alpha value is -5.22. The SMILES string of the molecule is Cc1cc2c(cc1N1c3ccc(C(C)C)cc3B3c4ccc5c(oc6cc7c(cc65)C(C)(C)CCC7(C)C)c4N(c4cc5c(cc4C)C(C)(C)CCC5(C)C)c4cc(C(C)(C)C)cc1c43)C(C)(C)CCC2(C)C. The number of aryl methyl sites for hydroxylation is 2. The Morgan fingerprint density at radius 2 is 0.918 bits per heavy atom. The summed E-state index contributed by atoms with van der Waals surface area (Å²) in [5.41, 5.74) is 28.2. The molecule has 0 saturated carbocycles. The molecule has 0 amide bonds. The molecule has 7 aromatic rings. The van der Waals surface area contributed by atoms with Crippen LogP contribution < -0.4 is 26.2 Å². The van der Waals surface area contributed by atoms with E-state index >= 15 is 0 Å². The van der Waals surface area contributed by atoms with Gasteiger partial charge in [0.2, 0.25) is 0 Å². The predicted molar refractivity (Wildman–Crippen MR) is 316 cm³/mol. The zero-order valence-electron chi connectivity index (χ0n) is 48.2. The van der Waals surface area contributed by atoms with E-state index < -0.39 is 0 Å². The maximum Gasteiger partial charge on any atom is 0.252 e. The highest BCUT2D eigenvalue weighted by molar-refractivity contribution is 7.00. The van der Waals surface area contributed by atoms with E-state index in [-0.39, 0.29) is 44.6 Å². The first kappa shape index (κ1) is 48.7. The summed E-state index contributed by atoms with van der Waals surface area (Å²) in [7, 11) is 0. The molecule has 5 aliphatic rings. The lowest BCUT2D eigenvalue weighted by Gasteiger charge is -2.47. The standard InChI is InChI=1S/C69H83BN2O/c1-39(2)42-20-23-54-53(32-42)70-52-22-21-44-45-35-48-51(69(18,19)29-26-66(48,12)13)38-59(45)73-62(44)61(52)72(56-37-50-47(31-41(56)4)65(10,11)25-28-68(50,16)17)58-34-43(63(5,6)7)33-57(60(58)70)71(54)55-36-49-46(30-40(55)3)64(8,9)24-27-67(49,14)15/h20-23,30-39H,24-29H2,1-19H3. The molecule has 3 nitrogen and oxygen atoms in total. The van der Waals surface area contributed by atoms with Gasteiger partial charge in [-0.3, -0.25) is 0 Å². The quantitative estimate of drug-likeness (QED) is 0.165. The fourth-order valence-corrected chi connectivity index (χ4v) is 14.6. The van der Waals surface area contributed by atoms with Crippen molar-refractivity contribution in [2.24, 2.45) is 0 Å². The van der Waals surface area contributed by atoms with Gasteiger partial charge in [-0.15, -0.1) is 0 Å². The molecule has 0 bridgehead atoms. The van der Waals surface area contributed by atoms with Crippen molar-refractivity contribution in [1.29, 1.82) is 0 Å². The zero-order valence-corrected chi connectivity index (χ0v) is 48.2. The summed E-state index contributed by atoms with van der Waals surface area (Å²) < 4.78 is 7.60. The second kappa shape index (κ2) is 15.2. The van der Waals surface area contributed by atoms with Crippen molar-refractivity contribution in [3.05, 3.63) is 134 Å². The van der Waals surface area contributed by atoms with Crippen LogP contribution in [-0.2, 0) is 37.9 Å². The van der Waals surface area contributed by atoms with Crippen LogP contribution in [0.1, 0.15) is 218 Å². The Morgan fingerprint density at radius 1 is 0.466 bits per heavy atom. The number of fused-ring (bicyclic) bond motifs is 11. The number of rotatable bonds is 3. The third kappa shape index (κ3) is 7.02. The summed E-state index contributed by atoms with van der Waals surface area (Å²) in [4.78, 5) is 5.42. The molecule has 378 valence electrons. The van der Waals surface area contributed by atoms with Crippen molar-refractivity contribution >= 4 is 79.2 Å². The van der Waals surface area contributed by atoms with Gasteiger partial charge in [0, 0.05) is 39.2 Å².